The summed E-state index contributed by atoms with van der Waals surface area (Å²) in [5, 5.41) is 8.86. The quantitative estimate of drug-likeness (QED) is 0.824. The van der Waals surface area contributed by atoms with E-state index in [2.05, 4.69) is 24.0 Å². The number of nitrogens with zero attached hydrogens (tertiary/aromatic N) is 1. The lowest BCUT2D eigenvalue weighted by atomic mass is 10.1. The maximum absolute atomic E-state index is 10.8. The van der Waals surface area contributed by atoms with Crippen molar-refractivity contribution in [1.29, 1.82) is 0 Å². The smallest absolute Gasteiger partial charge is 0.320 e. The zero-order chi connectivity index (χ0) is 15.9. The zero-order valence-corrected chi connectivity index (χ0v) is 12.8. The van der Waals surface area contributed by atoms with Crippen molar-refractivity contribution in [1.82, 2.24) is 0 Å². The molecule has 1 unspecified atom stereocenters. The highest BCUT2D eigenvalue weighted by Crippen LogP contribution is 2.18. The molecule has 0 saturated heterocycles. The standard InChI is InChI=1S/C18H22N2O2/c1-2-20(13-15-6-4-3-5-7-15)16-10-8-14(9-11-16)12-17(19)18(21)22/h3-11,17H,2,12-13,19H2,1H3,(H,21,22). The van der Waals surface area contributed by atoms with Crippen LogP contribution in [0.1, 0.15) is 18.1 Å². The van der Waals surface area contributed by atoms with Gasteiger partial charge in [-0.1, -0.05) is 42.5 Å². The van der Waals surface area contributed by atoms with Crippen molar-refractivity contribution in [2.45, 2.75) is 25.9 Å². The van der Waals surface area contributed by atoms with Gasteiger partial charge in [0.25, 0.3) is 0 Å². The van der Waals surface area contributed by atoms with E-state index in [1.807, 2.05) is 42.5 Å². The molecule has 0 heterocycles. The Morgan fingerprint density at radius 1 is 1.09 bits per heavy atom. The minimum absolute atomic E-state index is 0.348. The van der Waals surface area contributed by atoms with Crippen LogP contribution in [0, 0.1) is 0 Å². The van der Waals surface area contributed by atoms with Gasteiger partial charge in [-0.05, 0) is 36.6 Å². The van der Waals surface area contributed by atoms with Gasteiger partial charge < -0.3 is 15.7 Å². The maximum atomic E-state index is 10.8. The molecule has 1 atom stereocenters. The van der Waals surface area contributed by atoms with Crippen LogP contribution in [0.15, 0.2) is 54.6 Å². The monoisotopic (exact) mass is 298 g/mol. The Hall–Kier alpha value is -2.33. The van der Waals surface area contributed by atoms with Crippen molar-refractivity contribution in [3.05, 3.63) is 65.7 Å². The Bertz CT molecular complexity index is 596. The Morgan fingerprint density at radius 3 is 2.27 bits per heavy atom. The summed E-state index contributed by atoms with van der Waals surface area (Å²) in [6, 6.07) is 17.4. The average Bonchev–Trinajstić information content (AvgIpc) is 2.54. The van der Waals surface area contributed by atoms with E-state index in [1.54, 1.807) is 0 Å². The van der Waals surface area contributed by atoms with Crippen LogP contribution in [0.3, 0.4) is 0 Å². The number of carboxylic acids is 1. The molecule has 0 radical (unpaired) electrons. The molecule has 2 aromatic carbocycles. The van der Waals surface area contributed by atoms with Gasteiger partial charge in [-0.2, -0.15) is 0 Å². The number of benzene rings is 2. The van der Waals surface area contributed by atoms with Crippen LogP contribution in [0.2, 0.25) is 0 Å². The number of aliphatic carboxylic acids is 1. The van der Waals surface area contributed by atoms with Crippen LogP contribution < -0.4 is 10.6 Å². The zero-order valence-electron chi connectivity index (χ0n) is 12.8. The summed E-state index contributed by atoms with van der Waals surface area (Å²) in [6.45, 7) is 3.88. The molecule has 4 heteroatoms. The van der Waals surface area contributed by atoms with Crippen molar-refractivity contribution in [3.63, 3.8) is 0 Å². The molecule has 2 rings (SSSR count). The van der Waals surface area contributed by atoms with E-state index < -0.39 is 12.0 Å². The van der Waals surface area contributed by atoms with Gasteiger partial charge in [-0.25, -0.2) is 0 Å². The first-order valence-electron chi connectivity index (χ1n) is 7.46. The Labute approximate surface area is 131 Å². The third-order valence-electron chi connectivity index (χ3n) is 3.67. The first-order chi connectivity index (χ1) is 10.6. The minimum atomic E-state index is -0.969. The van der Waals surface area contributed by atoms with E-state index in [-0.39, 0.29) is 0 Å². The van der Waals surface area contributed by atoms with Crippen LogP contribution in [0.4, 0.5) is 5.69 Å². The normalized spacial score (nSPS) is 11.9. The van der Waals surface area contributed by atoms with Crippen molar-refractivity contribution in [2.75, 3.05) is 11.4 Å². The number of hydrogen-bond donors (Lipinski definition) is 2. The molecule has 0 aliphatic rings. The van der Waals surface area contributed by atoms with Crippen LogP contribution in [0.25, 0.3) is 0 Å². The molecule has 0 fully saturated rings. The second-order valence-electron chi connectivity index (χ2n) is 5.32. The fourth-order valence-electron chi connectivity index (χ4n) is 2.37. The van der Waals surface area contributed by atoms with Gasteiger partial charge in [0, 0.05) is 18.8 Å². The fourth-order valence-corrected chi connectivity index (χ4v) is 2.37. The summed E-state index contributed by atoms with van der Waals surface area (Å²) >= 11 is 0. The minimum Gasteiger partial charge on any atom is -0.480 e. The predicted octanol–water partition coefficient (Wildman–Crippen LogP) is 2.67. The number of rotatable bonds is 7. The molecule has 0 aliphatic carbocycles. The lowest BCUT2D eigenvalue weighted by Gasteiger charge is -2.23. The predicted molar refractivity (Wildman–Crippen MR) is 88.9 cm³/mol. The molecular formula is C18H22N2O2. The van der Waals surface area contributed by atoms with Crippen LogP contribution in [-0.2, 0) is 17.8 Å². The SMILES string of the molecule is CCN(Cc1ccccc1)c1ccc(CC(N)C(=O)O)cc1. The van der Waals surface area contributed by atoms with Gasteiger partial charge in [-0.3, -0.25) is 4.79 Å². The molecule has 116 valence electrons. The van der Waals surface area contributed by atoms with Gasteiger partial charge >= 0.3 is 5.97 Å². The second kappa shape index (κ2) is 7.61. The molecule has 4 nitrogen and oxygen atoms in total. The van der Waals surface area contributed by atoms with Crippen LogP contribution in [-0.4, -0.2) is 23.7 Å². The second-order valence-corrected chi connectivity index (χ2v) is 5.32. The van der Waals surface area contributed by atoms with Gasteiger partial charge in [0.15, 0.2) is 0 Å². The van der Waals surface area contributed by atoms with Gasteiger partial charge in [-0.15, -0.1) is 0 Å². The highest BCUT2D eigenvalue weighted by molar-refractivity contribution is 5.73. The molecule has 0 amide bonds. The molecule has 0 bridgehead atoms. The van der Waals surface area contributed by atoms with Crippen molar-refractivity contribution in [2.24, 2.45) is 5.73 Å². The largest absolute Gasteiger partial charge is 0.480 e. The van der Waals surface area contributed by atoms with Crippen molar-refractivity contribution < 1.29 is 9.90 Å². The van der Waals surface area contributed by atoms with E-state index in [4.69, 9.17) is 10.8 Å². The number of hydrogen-bond acceptors (Lipinski definition) is 3. The molecule has 2 aromatic rings. The highest BCUT2D eigenvalue weighted by Gasteiger charge is 2.12. The van der Waals surface area contributed by atoms with Gasteiger partial charge in [0.05, 0.1) is 0 Å². The van der Waals surface area contributed by atoms with Crippen LogP contribution >= 0.6 is 0 Å². The van der Waals surface area contributed by atoms with E-state index in [9.17, 15) is 4.79 Å². The summed E-state index contributed by atoms with van der Waals surface area (Å²) in [6.07, 6.45) is 0.348. The van der Waals surface area contributed by atoms with Crippen molar-refractivity contribution in [3.8, 4) is 0 Å². The average molecular weight is 298 g/mol. The summed E-state index contributed by atoms with van der Waals surface area (Å²) in [4.78, 5) is 13.1. The molecule has 3 N–H and O–H groups in total. The molecule has 0 spiro atoms. The van der Waals surface area contributed by atoms with Crippen molar-refractivity contribution >= 4 is 11.7 Å². The first kappa shape index (κ1) is 16.0. The molecular weight excluding hydrogens is 276 g/mol. The molecule has 0 aromatic heterocycles. The first-order valence-corrected chi connectivity index (χ1v) is 7.46. The third-order valence-corrected chi connectivity index (χ3v) is 3.67. The Kier molecular flexibility index (Phi) is 5.55. The molecule has 22 heavy (non-hydrogen) atoms. The summed E-state index contributed by atoms with van der Waals surface area (Å²) < 4.78 is 0. The number of anilines is 1. The summed E-state index contributed by atoms with van der Waals surface area (Å²) in [5.74, 6) is -0.969. The lowest BCUT2D eigenvalue weighted by molar-refractivity contribution is -0.138. The van der Waals surface area contributed by atoms with Crippen LogP contribution in [0.5, 0.6) is 0 Å². The number of nitrogens with two attached hydrogens (primary N) is 1. The molecule has 0 aliphatic heterocycles. The van der Waals surface area contributed by atoms with E-state index >= 15 is 0 Å². The lowest BCUT2D eigenvalue weighted by Crippen LogP contribution is -2.32. The van der Waals surface area contributed by atoms with E-state index in [1.165, 1.54) is 5.56 Å². The highest BCUT2D eigenvalue weighted by atomic mass is 16.4. The maximum Gasteiger partial charge on any atom is 0.320 e. The third kappa shape index (κ3) is 4.33. The molecule has 0 saturated carbocycles. The summed E-state index contributed by atoms with van der Waals surface area (Å²) in [7, 11) is 0. The Balaban J connectivity index is 2.05. The number of carbonyl (C=O) groups is 1. The van der Waals surface area contributed by atoms with E-state index in [0.29, 0.717) is 6.42 Å². The van der Waals surface area contributed by atoms with Gasteiger partial charge in [0.2, 0.25) is 0 Å². The topological polar surface area (TPSA) is 66.6 Å². The Morgan fingerprint density at radius 2 is 1.73 bits per heavy atom. The summed E-state index contributed by atoms with van der Waals surface area (Å²) in [5.41, 5.74) is 8.89. The number of carboxylic acid groups (broad SMARTS) is 1. The fraction of sp³-hybridized carbons (Fsp3) is 0.278. The van der Waals surface area contributed by atoms with E-state index in [0.717, 1.165) is 24.3 Å². The van der Waals surface area contributed by atoms with Gasteiger partial charge in [0.1, 0.15) is 6.04 Å².